The standard InChI is InChI=1S/C23H17N5O2/c1-14-10-12-15(13-11-14)28-22(30)17-7-3-5-9-19(17)25-23(28)27-26-20-16-6-2-4-8-18(16)24-21(20)29/h2-13,24,29H,1H3. The van der Waals surface area contributed by atoms with E-state index in [1.165, 1.54) is 4.57 Å². The van der Waals surface area contributed by atoms with Gasteiger partial charge in [0.2, 0.25) is 5.88 Å². The first-order valence-electron chi connectivity index (χ1n) is 9.42. The van der Waals surface area contributed by atoms with Crippen LogP contribution >= 0.6 is 0 Å². The van der Waals surface area contributed by atoms with Gasteiger partial charge in [0.1, 0.15) is 0 Å². The average molecular weight is 395 g/mol. The fourth-order valence-corrected chi connectivity index (χ4v) is 3.42. The average Bonchev–Trinajstić information content (AvgIpc) is 3.08. The lowest BCUT2D eigenvalue weighted by atomic mass is 10.2. The molecule has 0 bridgehead atoms. The second-order valence-corrected chi connectivity index (χ2v) is 6.97. The smallest absolute Gasteiger partial charge is 0.267 e. The van der Waals surface area contributed by atoms with Crippen molar-refractivity contribution >= 4 is 33.4 Å². The summed E-state index contributed by atoms with van der Waals surface area (Å²) in [5.74, 6) is 0.0391. The van der Waals surface area contributed by atoms with Crippen molar-refractivity contribution in [3.63, 3.8) is 0 Å². The molecule has 2 aromatic heterocycles. The number of hydrogen-bond acceptors (Lipinski definition) is 5. The van der Waals surface area contributed by atoms with Crippen LogP contribution in [0.4, 0.5) is 11.6 Å². The van der Waals surface area contributed by atoms with E-state index in [1.807, 2.05) is 61.5 Å². The van der Waals surface area contributed by atoms with Crippen molar-refractivity contribution in [2.75, 3.05) is 0 Å². The second-order valence-electron chi connectivity index (χ2n) is 6.97. The SMILES string of the molecule is Cc1ccc(-n2c(N=Nc3c(O)[nH]c4ccccc34)nc3ccccc3c2=O)cc1. The predicted octanol–water partition coefficient (Wildman–Crippen LogP) is 5.30. The third-order valence-electron chi connectivity index (χ3n) is 4.95. The lowest BCUT2D eigenvalue weighted by Crippen LogP contribution is -2.19. The van der Waals surface area contributed by atoms with Crippen LogP contribution in [0.3, 0.4) is 0 Å². The molecule has 0 unspecified atom stereocenters. The number of nitrogens with zero attached hydrogens (tertiary/aromatic N) is 4. The number of aromatic nitrogens is 3. The number of aromatic hydroxyl groups is 1. The van der Waals surface area contributed by atoms with Crippen molar-refractivity contribution in [3.05, 3.63) is 88.7 Å². The fourth-order valence-electron chi connectivity index (χ4n) is 3.42. The van der Waals surface area contributed by atoms with E-state index >= 15 is 0 Å². The zero-order valence-corrected chi connectivity index (χ0v) is 16.1. The van der Waals surface area contributed by atoms with Crippen molar-refractivity contribution < 1.29 is 5.11 Å². The van der Waals surface area contributed by atoms with Crippen LogP contribution in [0.2, 0.25) is 0 Å². The third-order valence-corrected chi connectivity index (χ3v) is 4.95. The molecule has 0 atom stereocenters. The van der Waals surface area contributed by atoms with Gasteiger partial charge in [0.15, 0.2) is 5.69 Å². The maximum Gasteiger partial charge on any atom is 0.267 e. The van der Waals surface area contributed by atoms with E-state index < -0.39 is 0 Å². The molecular formula is C23H17N5O2. The van der Waals surface area contributed by atoms with Crippen molar-refractivity contribution in [2.24, 2.45) is 10.2 Å². The number of benzene rings is 3. The molecule has 0 aliphatic carbocycles. The Morgan fingerprint density at radius 3 is 2.40 bits per heavy atom. The number of nitrogens with one attached hydrogen (secondary N) is 1. The highest BCUT2D eigenvalue weighted by Crippen LogP contribution is 2.36. The molecule has 2 heterocycles. The molecule has 30 heavy (non-hydrogen) atoms. The molecule has 7 nitrogen and oxygen atoms in total. The normalized spacial score (nSPS) is 11.6. The first-order valence-corrected chi connectivity index (χ1v) is 9.42. The lowest BCUT2D eigenvalue weighted by molar-refractivity contribution is 0.459. The Morgan fingerprint density at radius 1 is 0.900 bits per heavy atom. The number of aryl methyl sites for hydroxylation is 1. The van der Waals surface area contributed by atoms with Gasteiger partial charge in [-0.15, -0.1) is 10.2 Å². The zero-order chi connectivity index (χ0) is 20.7. The first-order chi connectivity index (χ1) is 14.6. The highest BCUT2D eigenvalue weighted by molar-refractivity contribution is 5.94. The van der Waals surface area contributed by atoms with Crippen molar-refractivity contribution in [2.45, 2.75) is 6.92 Å². The van der Waals surface area contributed by atoms with E-state index in [0.29, 0.717) is 22.3 Å². The summed E-state index contributed by atoms with van der Waals surface area (Å²) < 4.78 is 1.43. The fraction of sp³-hybridized carbons (Fsp3) is 0.0435. The molecule has 0 aliphatic heterocycles. The van der Waals surface area contributed by atoms with E-state index in [4.69, 9.17) is 0 Å². The number of aromatic amines is 1. The van der Waals surface area contributed by atoms with Gasteiger partial charge in [-0.25, -0.2) is 9.55 Å². The van der Waals surface area contributed by atoms with Gasteiger partial charge in [0.25, 0.3) is 11.5 Å². The molecule has 2 N–H and O–H groups in total. The van der Waals surface area contributed by atoms with E-state index in [9.17, 15) is 9.90 Å². The second kappa shape index (κ2) is 6.97. The number of H-pyrrole nitrogens is 1. The Hall–Kier alpha value is -4.26. The molecule has 0 aliphatic rings. The van der Waals surface area contributed by atoms with Crippen LogP contribution in [0, 0.1) is 6.92 Å². The maximum atomic E-state index is 13.2. The molecule has 0 amide bonds. The maximum absolute atomic E-state index is 13.2. The lowest BCUT2D eigenvalue weighted by Gasteiger charge is -2.10. The molecule has 0 fully saturated rings. The molecule has 0 saturated carbocycles. The van der Waals surface area contributed by atoms with Crippen molar-refractivity contribution in [1.82, 2.24) is 14.5 Å². The number of fused-ring (bicyclic) bond motifs is 2. The Balaban J connectivity index is 1.74. The van der Waals surface area contributed by atoms with E-state index in [0.717, 1.165) is 16.5 Å². The molecule has 0 spiro atoms. The topological polar surface area (TPSA) is 95.6 Å². The van der Waals surface area contributed by atoms with Crippen LogP contribution in [0.5, 0.6) is 5.88 Å². The largest absolute Gasteiger partial charge is 0.493 e. The Bertz CT molecular complexity index is 1480. The Labute approximate surface area is 171 Å². The van der Waals surface area contributed by atoms with Gasteiger partial charge in [-0.1, -0.05) is 48.0 Å². The number of azo groups is 1. The van der Waals surface area contributed by atoms with Crippen LogP contribution in [-0.4, -0.2) is 19.6 Å². The van der Waals surface area contributed by atoms with Gasteiger partial charge >= 0.3 is 0 Å². The molecule has 146 valence electrons. The van der Waals surface area contributed by atoms with Crippen LogP contribution < -0.4 is 5.56 Å². The predicted molar refractivity (Wildman–Crippen MR) is 116 cm³/mol. The Morgan fingerprint density at radius 2 is 1.60 bits per heavy atom. The molecule has 7 heteroatoms. The third kappa shape index (κ3) is 2.93. The van der Waals surface area contributed by atoms with Gasteiger partial charge in [-0.3, -0.25) is 4.79 Å². The van der Waals surface area contributed by atoms with Gasteiger partial charge in [0, 0.05) is 5.39 Å². The molecule has 5 aromatic rings. The summed E-state index contributed by atoms with van der Waals surface area (Å²) in [4.78, 5) is 20.7. The van der Waals surface area contributed by atoms with Crippen molar-refractivity contribution in [1.29, 1.82) is 0 Å². The summed E-state index contributed by atoms with van der Waals surface area (Å²) in [6, 6.07) is 22.0. The minimum atomic E-state index is -0.235. The van der Waals surface area contributed by atoms with Gasteiger partial charge in [-0.05, 0) is 37.3 Å². The minimum Gasteiger partial charge on any atom is -0.493 e. The van der Waals surface area contributed by atoms with Gasteiger partial charge in [0.05, 0.1) is 22.1 Å². The summed E-state index contributed by atoms with van der Waals surface area (Å²) in [5.41, 5.74) is 3.05. The number of para-hydroxylation sites is 2. The highest BCUT2D eigenvalue weighted by Gasteiger charge is 2.14. The summed E-state index contributed by atoms with van der Waals surface area (Å²) in [5, 5.41) is 20.0. The quantitative estimate of drug-likeness (QED) is 0.406. The number of rotatable bonds is 3. The Kier molecular flexibility index (Phi) is 4.14. The number of hydrogen-bond donors (Lipinski definition) is 2. The van der Waals surface area contributed by atoms with E-state index in [-0.39, 0.29) is 17.4 Å². The molecular weight excluding hydrogens is 378 g/mol. The molecule has 0 radical (unpaired) electrons. The van der Waals surface area contributed by atoms with Gasteiger partial charge < -0.3 is 10.1 Å². The minimum absolute atomic E-state index is 0.0926. The summed E-state index contributed by atoms with van der Waals surface area (Å²) >= 11 is 0. The van der Waals surface area contributed by atoms with Gasteiger partial charge in [-0.2, -0.15) is 0 Å². The van der Waals surface area contributed by atoms with Crippen LogP contribution in [0.25, 0.3) is 27.5 Å². The van der Waals surface area contributed by atoms with E-state index in [2.05, 4.69) is 20.2 Å². The molecule has 3 aromatic carbocycles. The van der Waals surface area contributed by atoms with Crippen LogP contribution in [0.15, 0.2) is 87.8 Å². The summed E-state index contributed by atoms with van der Waals surface area (Å²) in [6.07, 6.45) is 0. The monoisotopic (exact) mass is 395 g/mol. The van der Waals surface area contributed by atoms with Crippen LogP contribution in [0.1, 0.15) is 5.56 Å². The first kappa shape index (κ1) is 17.8. The zero-order valence-electron chi connectivity index (χ0n) is 16.1. The summed E-state index contributed by atoms with van der Waals surface area (Å²) in [6.45, 7) is 1.98. The van der Waals surface area contributed by atoms with E-state index in [1.54, 1.807) is 18.2 Å². The van der Waals surface area contributed by atoms with Crippen molar-refractivity contribution in [3.8, 4) is 11.6 Å². The van der Waals surface area contributed by atoms with Crippen LogP contribution in [-0.2, 0) is 0 Å². The summed E-state index contributed by atoms with van der Waals surface area (Å²) in [7, 11) is 0. The highest BCUT2D eigenvalue weighted by atomic mass is 16.3. The molecule has 5 rings (SSSR count). The molecule has 0 saturated heterocycles.